The highest BCUT2D eigenvalue weighted by atomic mass is 19.1. The molecule has 2 aliphatic rings. The molecular formula is C54H48FNO5. The van der Waals surface area contributed by atoms with Crippen LogP contribution < -0.4 is 19.1 Å². The lowest BCUT2D eigenvalue weighted by molar-refractivity contribution is 0.0524. The second-order valence-corrected chi connectivity index (χ2v) is 15.2. The first kappa shape index (κ1) is 40.8. The maximum absolute atomic E-state index is 15.4. The van der Waals surface area contributed by atoms with Crippen molar-refractivity contribution in [2.24, 2.45) is 0 Å². The lowest BCUT2D eigenvalue weighted by Crippen LogP contribution is -2.35. The topological polar surface area (TPSA) is 57.2 Å². The highest BCUT2D eigenvalue weighted by Crippen LogP contribution is 2.47. The number of hydrogen-bond donors (Lipinski definition) is 0. The van der Waals surface area contributed by atoms with Gasteiger partial charge in [0, 0.05) is 57.5 Å². The number of esters is 1. The molecular weight excluding hydrogens is 762 g/mol. The summed E-state index contributed by atoms with van der Waals surface area (Å²) in [6.45, 7) is 6.91. The van der Waals surface area contributed by atoms with E-state index in [1.165, 1.54) is 31.0 Å². The first-order valence-electron chi connectivity index (χ1n) is 21.1. The van der Waals surface area contributed by atoms with Crippen LogP contribution in [0.15, 0.2) is 121 Å². The minimum Gasteiger partial charge on any atom is -0.497 e. The summed E-state index contributed by atoms with van der Waals surface area (Å²) in [5.41, 5.74) is 5.28. The lowest BCUT2D eigenvalue weighted by atomic mass is 9.82. The molecule has 1 fully saturated rings. The molecule has 1 unspecified atom stereocenters. The molecule has 1 saturated heterocycles. The van der Waals surface area contributed by atoms with Crippen LogP contribution in [0.25, 0.3) is 16.8 Å². The maximum Gasteiger partial charge on any atom is 0.338 e. The molecule has 61 heavy (non-hydrogen) atoms. The van der Waals surface area contributed by atoms with Gasteiger partial charge in [0.1, 0.15) is 23.1 Å². The van der Waals surface area contributed by atoms with Crippen LogP contribution in [0.5, 0.6) is 17.2 Å². The van der Waals surface area contributed by atoms with E-state index in [0.717, 1.165) is 64.9 Å². The maximum atomic E-state index is 15.4. The van der Waals surface area contributed by atoms with E-state index in [-0.39, 0.29) is 12.2 Å². The smallest absolute Gasteiger partial charge is 0.338 e. The van der Waals surface area contributed by atoms with Crippen molar-refractivity contribution in [3.63, 3.8) is 0 Å². The molecule has 2 heterocycles. The van der Waals surface area contributed by atoms with Crippen molar-refractivity contribution in [1.29, 1.82) is 0 Å². The standard InChI is InChI=1S/C54H48FNO5/c1-4-6-34-60-47-25-14-38(15-26-47)10-11-40-13-18-41(51(55)36-40)17-12-39-16-29-48-42(35-39)37-50(53(57)59-5-2)49-30-31-54(61-52(48)49,44-21-27-46(58-3)28-22-44)43-19-23-45(24-20-43)56-32-8-7-9-33-56/h13-16,18-31,35-37H,4-9,32-34H2,1-3H3. The highest BCUT2D eigenvalue weighted by Gasteiger charge is 2.39. The van der Waals surface area contributed by atoms with Crippen LogP contribution in [0.4, 0.5) is 10.1 Å². The molecule has 6 nitrogen and oxygen atoms in total. The van der Waals surface area contributed by atoms with Crippen LogP contribution in [0.1, 0.15) is 95.3 Å². The van der Waals surface area contributed by atoms with Crippen molar-refractivity contribution in [3.05, 3.63) is 172 Å². The van der Waals surface area contributed by atoms with Gasteiger partial charge in [-0.2, -0.15) is 0 Å². The third-order valence-electron chi connectivity index (χ3n) is 11.2. The molecule has 6 aromatic carbocycles. The molecule has 0 radical (unpaired) electrons. The van der Waals surface area contributed by atoms with E-state index in [9.17, 15) is 4.79 Å². The SMILES string of the molecule is CCCCOc1ccc(C#Cc2ccc(C#Cc3ccc4c5c(c(C(=O)OCC)cc4c3)C=CC(c3ccc(OC)cc3)(c3ccc(N4CCCCC4)cc3)O5)c(F)c2)cc1. The van der Waals surface area contributed by atoms with Crippen LogP contribution in [0, 0.1) is 29.5 Å². The number of ether oxygens (including phenoxy) is 4. The molecule has 0 aliphatic carbocycles. The van der Waals surface area contributed by atoms with E-state index >= 15 is 4.39 Å². The van der Waals surface area contributed by atoms with E-state index in [1.54, 1.807) is 26.2 Å². The van der Waals surface area contributed by atoms with Gasteiger partial charge < -0.3 is 23.8 Å². The van der Waals surface area contributed by atoms with E-state index in [1.807, 2.05) is 84.9 Å². The average molecular weight is 810 g/mol. The second kappa shape index (κ2) is 18.5. The van der Waals surface area contributed by atoms with Crippen LogP contribution in [0.3, 0.4) is 0 Å². The molecule has 0 amide bonds. The number of carbonyl (C=O) groups excluding carboxylic acids is 1. The molecule has 0 bridgehead atoms. The summed E-state index contributed by atoms with van der Waals surface area (Å²) < 4.78 is 39.4. The molecule has 0 saturated carbocycles. The van der Waals surface area contributed by atoms with Gasteiger partial charge >= 0.3 is 5.97 Å². The Morgan fingerprint density at radius 3 is 2.11 bits per heavy atom. The Bertz CT molecular complexity index is 2690. The molecule has 6 aromatic rings. The predicted molar refractivity (Wildman–Crippen MR) is 241 cm³/mol. The summed E-state index contributed by atoms with van der Waals surface area (Å²) in [5.74, 6) is 13.5. The van der Waals surface area contributed by atoms with Crippen LogP contribution in [0.2, 0.25) is 0 Å². The van der Waals surface area contributed by atoms with Crippen molar-refractivity contribution in [1.82, 2.24) is 0 Å². The van der Waals surface area contributed by atoms with Gasteiger partial charge in [0.2, 0.25) is 0 Å². The number of halogens is 1. The number of hydrogen-bond acceptors (Lipinski definition) is 6. The van der Waals surface area contributed by atoms with Gasteiger partial charge in [0.25, 0.3) is 0 Å². The number of fused-ring (bicyclic) bond motifs is 3. The van der Waals surface area contributed by atoms with Gasteiger partial charge in [-0.1, -0.05) is 61.3 Å². The van der Waals surface area contributed by atoms with Gasteiger partial charge in [-0.25, -0.2) is 9.18 Å². The Labute approximate surface area is 357 Å². The molecule has 1 atom stereocenters. The number of piperidine rings is 1. The number of methoxy groups -OCH3 is 1. The zero-order valence-corrected chi connectivity index (χ0v) is 34.9. The molecule has 8 rings (SSSR count). The Kier molecular flexibility index (Phi) is 12.4. The van der Waals surface area contributed by atoms with Crippen molar-refractivity contribution in [2.45, 2.75) is 51.6 Å². The van der Waals surface area contributed by atoms with Crippen molar-refractivity contribution in [2.75, 3.05) is 38.3 Å². The number of rotatable bonds is 10. The highest BCUT2D eigenvalue weighted by molar-refractivity contribution is 6.04. The summed E-state index contributed by atoms with van der Waals surface area (Å²) in [6.07, 6.45) is 9.72. The van der Waals surface area contributed by atoms with Crippen LogP contribution in [-0.2, 0) is 10.3 Å². The van der Waals surface area contributed by atoms with Gasteiger partial charge in [-0.3, -0.25) is 0 Å². The fraction of sp³-hybridized carbons (Fsp3) is 0.241. The van der Waals surface area contributed by atoms with Crippen molar-refractivity contribution in [3.8, 4) is 40.9 Å². The molecule has 306 valence electrons. The molecule has 0 spiro atoms. The van der Waals surface area contributed by atoms with Crippen molar-refractivity contribution < 1.29 is 28.1 Å². The van der Waals surface area contributed by atoms with Crippen molar-refractivity contribution >= 4 is 28.5 Å². The zero-order valence-electron chi connectivity index (χ0n) is 34.9. The van der Waals surface area contributed by atoms with E-state index in [4.69, 9.17) is 18.9 Å². The van der Waals surface area contributed by atoms with Gasteiger partial charge in [0.05, 0.1) is 31.5 Å². The van der Waals surface area contributed by atoms with E-state index in [0.29, 0.717) is 34.6 Å². The fourth-order valence-electron chi connectivity index (χ4n) is 7.85. The fourth-order valence-corrected chi connectivity index (χ4v) is 7.85. The number of benzene rings is 6. The van der Waals surface area contributed by atoms with Gasteiger partial charge in [0.15, 0.2) is 5.60 Å². The molecule has 7 heteroatoms. The molecule has 2 aliphatic heterocycles. The number of unbranched alkanes of at least 4 members (excludes halogenated alkanes) is 1. The summed E-state index contributed by atoms with van der Waals surface area (Å²) in [7, 11) is 1.65. The largest absolute Gasteiger partial charge is 0.497 e. The van der Waals surface area contributed by atoms with E-state index < -0.39 is 17.4 Å². The lowest BCUT2D eigenvalue weighted by Gasteiger charge is -2.37. The van der Waals surface area contributed by atoms with E-state index in [2.05, 4.69) is 59.8 Å². The number of anilines is 1. The summed E-state index contributed by atoms with van der Waals surface area (Å²) in [6, 6.07) is 36.5. The molecule has 0 N–H and O–H groups in total. The predicted octanol–water partition coefficient (Wildman–Crippen LogP) is 11.5. The third-order valence-corrected chi connectivity index (χ3v) is 11.2. The minimum absolute atomic E-state index is 0.221. The normalized spacial score (nSPS) is 15.4. The minimum atomic E-state index is -1.03. The summed E-state index contributed by atoms with van der Waals surface area (Å²) in [5, 5.41) is 1.54. The third kappa shape index (κ3) is 8.98. The Hall–Kier alpha value is -6.96. The number of carbonyl (C=O) groups is 1. The van der Waals surface area contributed by atoms with Gasteiger partial charge in [-0.15, -0.1) is 0 Å². The average Bonchev–Trinajstić information content (AvgIpc) is 3.31. The van der Waals surface area contributed by atoms with Crippen LogP contribution >= 0.6 is 0 Å². The Morgan fingerprint density at radius 2 is 1.41 bits per heavy atom. The number of nitrogens with zero attached hydrogens (tertiary/aromatic N) is 1. The Morgan fingerprint density at radius 1 is 0.754 bits per heavy atom. The monoisotopic (exact) mass is 809 g/mol. The second-order valence-electron chi connectivity index (χ2n) is 15.2. The summed E-state index contributed by atoms with van der Waals surface area (Å²) >= 11 is 0. The van der Waals surface area contributed by atoms with Gasteiger partial charge in [-0.05, 0) is 141 Å². The Balaban J connectivity index is 1.12. The van der Waals surface area contributed by atoms with Crippen LogP contribution in [-0.4, -0.2) is 39.4 Å². The first-order valence-corrected chi connectivity index (χ1v) is 21.1. The summed E-state index contributed by atoms with van der Waals surface area (Å²) in [4.78, 5) is 16.0. The zero-order chi connectivity index (χ0) is 42.2. The molecule has 0 aromatic heterocycles. The first-order chi connectivity index (χ1) is 29.9. The quantitative estimate of drug-likeness (QED) is 0.0780.